The number of amides is 1. The standard InChI is InChI=1S/C18H24F3N3O2/c1-16(2,3)26-15(25)24-11-17(12-24)7-5-9-23(10-17)13-6-4-8-22-14(13)18(19,20)21/h4,6,8H,5,7,9-12H2,1-3H3. The third kappa shape index (κ3) is 3.88. The quantitative estimate of drug-likeness (QED) is 0.750. The van der Waals surface area contributed by atoms with Crippen LogP contribution in [0.1, 0.15) is 39.3 Å². The van der Waals surface area contributed by atoms with Crippen LogP contribution >= 0.6 is 0 Å². The number of halogens is 3. The second-order valence-electron chi connectivity index (χ2n) is 8.23. The van der Waals surface area contributed by atoms with Crippen LogP contribution in [0.4, 0.5) is 23.7 Å². The van der Waals surface area contributed by atoms with Crippen molar-refractivity contribution in [3.63, 3.8) is 0 Å². The zero-order valence-corrected chi connectivity index (χ0v) is 15.3. The molecule has 0 bridgehead atoms. The topological polar surface area (TPSA) is 45.7 Å². The summed E-state index contributed by atoms with van der Waals surface area (Å²) < 4.78 is 45.1. The summed E-state index contributed by atoms with van der Waals surface area (Å²) in [6.07, 6.45) is -2.00. The van der Waals surface area contributed by atoms with Gasteiger partial charge in [-0.2, -0.15) is 13.2 Å². The zero-order chi connectivity index (χ0) is 19.2. The first kappa shape index (κ1) is 18.8. The van der Waals surface area contributed by atoms with E-state index in [1.165, 1.54) is 18.3 Å². The highest BCUT2D eigenvalue weighted by Gasteiger charge is 2.49. The van der Waals surface area contributed by atoms with Crippen molar-refractivity contribution in [1.29, 1.82) is 0 Å². The number of ether oxygens (including phenoxy) is 1. The Morgan fingerprint density at radius 3 is 2.54 bits per heavy atom. The summed E-state index contributed by atoms with van der Waals surface area (Å²) in [7, 11) is 0. The van der Waals surface area contributed by atoms with Gasteiger partial charge in [-0.15, -0.1) is 0 Å². The van der Waals surface area contributed by atoms with E-state index >= 15 is 0 Å². The molecule has 0 aliphatic carbocycles. The smallest absolute Gasteiger partial charge is 0.435 e. The molecule has 0 atom stereocenters. The van der Waals surface area contributed by atoms with Crippen LogP contribution in [0.25, 0.3) is 0 Å². The Balaban J connectivity index is 1.70. The minimum atomic E-state index is -4.48. The Kier molecular flexibility index (Phi) is 4.56. The third-order valence-corrected chi connectivity index (χ3v) is 4.76. The fourth-order valence-corrected chi connectivity index (χ4v) is 3.76. The molecule has 3 heterocycles. The lowest BCUT2D eigenvalue weighted by molar-refractivity contribution is -0.140. The number of pyridine rings is 1. The van der Waals surface area contributed by atoms with Crippen molar-refractivity contribution < 1.29 is 22.7 Å². The summed E-state index contributed by atoms with van der Waals surface area (Å²) in [5, 5.41) is 0. The summed E-state index contributed by atoms with van der Waals surface area (Å²) in [6, 6.07) is 3.00. The maximum absolute atomic E-state index is 13.3. The lowest BCUT2D eigenvalue weighted by Crippen LogP contribution is -2.64. The van der Waals surface area contributed by atoms with Crippen LogP contribution < -0.4 is 4.90 Å². The van der Waals surface area contributed by atoms with E-state index in [1.54, 1.807) is 9.80 Å². The molecule has 2 saturated heterocycles. The first-order valence-corrected chi connectivity index (χ1v) is 8.74. The van der Waals surface area contributed by atoms with E-state index in [0.29, 0.717) is 26.2 Å². The number of carbonyl (C=O) groups is 1. The van der Waals surface area contributed by atoms with Gasteiger partial charge in [-0.3, -0.25) is 0 Å². The Hall–Kier alpha value is -1.99. The minimum Gasteiger partial charge on any atom is -0.444 e. The molecule has 0 unspecified atom stereocenters. The normalized spacial score (nSPS) is 20.1. The molecule has 3 rings (SSSR count). The summed E-state index contributed by atoms with van der Waals surface area (Å²) in [5.41, 5.74) is -1.46. The van der Waals surface area contributed by atoms with E-state index in [0.717, 1.165) is 12.8 Å². The van der Waals surface area contributed by atoms with E-state index in [2.05, 4.69) is 4.98 Å². The van der Waals surface area contributed by atoms with Gasteiger partial charge in [0, 0.05) is 37.8 Å². The van der Waals surface area contributed by atoms with E-state index in [1.807, 2.05) is 20.8 Å². The maximum atomic E-state index is 13.3. The fourth-order valence-electron chi connectivity index (χ4n) is 3.76. The number of nitrogens with zero attached hydrogens (tertiary/aromatic N) is 3. The van der Waals surface area contributed by atoms with Crippen LogP contribution in [0.5, 0.6) is 0 Å². The Morgan fingerprint density at radius 2 is 1.92 bits per heavy atom. The molecule has 2 fully saturated rings. The van der Waals surface area contributed by atoms with Gasteiger partial charge in [0.1, 0.15) is 5.60 Å². The molecular weight excluding hydrogens is 347 g/mol. The van der Waals surface area contributed by atoms with Crippen molar-refractivity contribution in [2.45, 2.75) is 45.4 Å². The van der Waals surface area contributed by atoms with E-state index in [9.17, 15) is 18.0 Å². The van der Waals surface area contributed by atoms with Crippen molar-refractivity contribution in [1.82, 2.24) is 9.88 Å². The van der Waals surface area contributed by atoms with Crippen LogP contribution in [-0.4, -0.2) is 47.8 Å². The minimum absolute atomic E-state index is 0.120. The molecule has 144 valence electrons. The highest BCUT2D eigenvalue weighted by Crippen LogP contribution is 2.43. The fraction of sp³-hybridized carbons (Fsp3) is 0.667. The molecular formula is C18H24F3N3O2. The first-order chi connectivity index (χ1) is 12.0. The number of piperidine rings is 1. The molecule has 0 radical (unpaired) electrons. The third-order valence-electron chi connectivity index (χ3n) is 4.76. The Bertz CT molecular complexity index is 679. The lowest BCUT2D eigenvalue weighted by atomic mass is 9.73. The number of carbonyl (C=O) groups excluding carboxylic acids is 1. The molecule has 1 spiro atoms. The Labute approximate surface area is 151 Å². The van der Waals surface area contributed by atoms with Crippen molar-refractivity contribution in [2.24, 2.45) is 5.41 Å². The van der Waals surface area contributed by atoms with Gasteiger partial charge >= 0.3 is 12.3 Å². The van der Waals surface area contributed by atoms with Gasteiger partial charge in [-0.05, 0) is 45.7 Å². The molecule has 5 nitrogen and oxygen atoms in total. The number of aromatic nitrogens is 1. The van der Waals surface area contributed by atoms with Crippen LogP contribution in [0.3, 0.4) is 0 Å². The number of rotatable bonds is 1. The number of alkyl halides is 3. The molecule has 8 heteroatoms. The molecule has 2 aliphatic rings. The van der Waals surface area contributed by atoms with Crippen molar-refractivity contribution in [3.8, 4) is 0 Å². The summed E-state index contributed by atoms with van der Waals surface area (Å²) >= 11 is 0. The number of hydrogen-bond donors (Lipinski definition) is 0. The molecule has 1 aromatic rings. The molecule has 0 saturated carbocycles. The Morgan fingerprint density at radius 1 is 1.23 bits per heavy atom. The van der Waals surface area contributed by atoms with E-state index in [4.69, 9.17) is 4.74 Å². The highest BCUT2D eigenvalue weighted by molar-refractivity contribution is 5.69. The van der Waals surface area contributed by atoms with Gasteiger partial charge < -0.3 is 14.5 Å². The number of hydrogen-bond acceptors (Lipinski definition) is 4. The summed E-state index contributed by atoms with van der Waals surface area (Å²) in [4.78, 5) is 19.1. The second-order valence-corrected chi connectivity index (χ2v) is 8.23. The monoisotopic (exact) mass is 371 g/mol. The van der Waals surface area contributed by atoms with Crippen LogP contribution in [0.2, 0.25) is 0 Å². The van der Waals surface area contributed by atoms with Crippen LogP contribution in [0.15, 0.2) is 18.3 Å². The molecule has 0 N–H and O–H groups in total. The second kappa shape index (κ2) is 6.32. The van der Waals surface area contributed by atoms with Crippen molar-refractivity contribution in [3.05, 3.63) is 24.0 Å². The van der Waals surface area contributed by atoms with Gasteiger partial charge in [-0.25, -0.2) is 9.78 Å². The molecule has 0 aromatic carbocycles. The number of likely N-dealkylation sites (tertiary alicyclic amines) is 1. The van der Waals surface area contributed by atoms with Crippen LogP contribution in [-0.2, 0) is 10.9 Å². The van der Waals surface area contributed by atoms with Crippen molar-refractivity contribution >= 4 is 11.8 Å². The zero-order valence-electron chi connectivity index (χ0n) is 15.3. The van der Waals surface area contributed by atoms with Crippen LogP contribution in [0, 0.1) is 5.41 Å². The molecule has 26 heavy (non-hydrogen) atoms. The van der Waals surface area contributed by atoms with Crippen molar-refractivity contribution in [2.75, 3.05) is 31.1 Å². The average molecular weight is 371 g/mol. The SMILES string of the molecule is CC(C)(C)OC(=O)N1CC2(CCCN(c3cccnc3C(F)(F)F)C2)C1. The maximum Gasteiger partial charge on any atom is 0.435 e. The van der Waals surface area contributed by atoms with Gasteiger partial charge in [0.05, 0.1) is 5.69 Å². The first-order valence-electron chi connectivity index (χ1n) is 8.74. The average Bonchev–Trinajstić information content (AvgIpc) is 2.50. The van der Waals surface area contributed by atoms with Gasteiger partial charge in [0.25, 0.3) is 0 Å². The molecule has 1 amide bonds. The van der Waals surface area contributed by atoms with E-state index < -0.39 is 17.5 Å². The largest absolute Gasteiger partial charge is 0.444 e. The highest BCUT2D eigenvalue weighted by atomic mass is 19.4. The lowest BCUT2D eigenvalue weighted by Gasteiger charge is -2.54. The van der Waals surface area contributed by atoms with Gasteiger partial charge in [0.15, 0.2) is 5.69 Å². The summed E-state index contributed by atoms with van der Waals surface area (Å²) in [6.45, 7) is 7.50. The summed E-state index contributed by atoms with van der Waals surface area (Å²) in [5.74, 6) is 0. The van der Waals surface area contributed by atoms with Gasteiger partial charge in [0.2, 0.25) is 0 Å². The number of anilines is 1. The predicted octanol–water partition coefficient (Wildman–Crippen LogP) is 3.94. The predicted molar refractivity (Wildman–Crippen MR) is 90.9 cm³/mol. The molecule has 2 aliphatic heterocycles. The van der Waals surface area contributed by atoms with Gasteiger partial charge in [-0.1, -0.05) is 0 Å². The molecule has 1 aromatic heterocycles. The van der Waals surface area contributed by atoms with E-state index in [-0.39, 0.29) is 17.2 Å².